The van der Waals surface area contributed by atoms with Crippen molar-refractivity contribution in [2.45, 2.75) is 25.4 Å². The molecule has 1 atom stereocenters. The summed E-state index contributed by atoms with van der Waals surface area (Å²) in [5.41, 5.74) is 3.30. The van der Waals surface area contributed by atoms with Crippen LogP contribution in [0.5, 0.6) is 5.75 Å². The van der Waals surface area contributed by atoms with E-state index in [-0.39, 0.29) is 0 Å². The minimum Gasteiger partial charge on any atom is -0.493 e. The standard InChI is InChI=1S/C17H17BrO2/c18-15-5-1-3-12(9-15)10-16(19)13-6-7-17-14(11-13)4-2-8-20-17/h1,3,5-7,9,11,16,19H,2,4,8,10H2. The van der Waals surface area contributed by atoms with Gasteiger partial charge >= 0.3 is 0 Å². The molecule has 1 heterocycles. The topological polar surface area (TPSA) is 29.5 Å². The summed E-state index contributed by atoms with van der Waals surface area (Å²) in [6, 6.07) is 14.1. The molecular formula is C17H17BrO2. The number of aliphatic hydroxyl groups is 1. The third-order valence-corrected chi connectivity index (χ3v) is 4.13. The van der Waals surface area contributed by atoms with Gasteiger partial charge in [-0.05, 0) is 53.8 Å². The number of benzene rings is 2. The molecule has 0 aliphatic carbocycles. The van der Waals surface area contributed by atoms with Crippen LogP contribution in [0.3, 0.4) is 0 Å². The molecule has 1 aliphatic heterocycles. The Balaban J connectivity index is 1.78. The normalized spacial score (nSPS) is 15.3. The summed E-state index contributed by atoms with van der Waals surface area (Å²) in [6.07, 6.45) is 2.24. The van der Waals surface area contributed by atoms with Crippen LogP contribution in [0.1, 0.15) is 29.2 Å². The van der Waals surface area contributed by atoms with Gasteiger partial charge in [-0.25, -0.2) is 0 Å². The number of halogens is 1. The minimum absolute atomic E-state index is 0.475. The van der Waals surface area contributed by atoms with Gasteiger partial charge in [-0.15, -0.1) is 0 Å². The van der Waals surface area contributed by atoms with Crippen LogP contribution >= 0.6 is 15.9 Å². The van der Waals surface area contributed by atoms with Gasteiger partial charge < -0.3 is 9.84 Å². The average molecular weight is 333 g/mol. The summed E-state index contributed by atoms with van der Waals surface area (Å²) in [4.78, 5) is 0. The van der Waals surface area contributed by atoms with Crippen molar-refractivity contribution in [3.63, 3.8) is 0 Å². The van der Waals surface area contributed by atoms with Crippen LogP contribution < -0.4 is 4.74 Å². The third-order valence-electron chi connectivity index (χ3n) is 3.64. The number of aryl methyl sites for hydroxylation is 1. The Kier molecular flexibility index (Phi) is 4.08. The highest BCUT2D eigenvalue weighted by atomic mass is 79.9. The lowest BCUT2D eigenvalue weighted by atomic mass is 9.97. The Morgan fingerprint density at radius 2 is 2.10 bits per heavy atom. The molecule has 3 heteroatoms. The number of hydrogen-bond donors (Lipinski definition) is 1. The van der Waals surface area contributed by atoms with Gasteiger partial charge in [0, 0.05) is 10.9 Å². The molecule has 0 aromatic heterocycles. The number of hydrogen-bond acceptors (Lipinski definition) is 2. The molecule has 0 amide bonds. The maximum absolute atomic E-state index is 10.4. The van der Waals surface area contributed by atoms with Gasteiger partial charge in [0.1, 0.15) is 5.75 Å². The van der Waals surface area contributed by atoms with Crippen LogP contribution in [0.2, 0.25) is 0 Å². The number of fused-ring (bicyclic) bond motifs is 1. The highest BCUT2D eigenvalue weighted by Crippen LogP contribution is 2.29. The zero-order chi connectivity index (χ0) is 13.9. The molecule has 1 unspecified atom stereocenters. The van der Waals surface area contributed by atoms with Crippen LogP contribution in [-0.4, -0.2) is 11.7 Å². The van der Waals surface area contributed by atoms with E-state index in [4.69, 9.17) is 4.74 Å². The van der Waals surface area contributed by atoms with Crippen molar-refractivity contribution >= 4 is 15.9 Å². The van der Waals surface area contributed by atoms with Crippen molar-refractivity contribution in [1.82, 2.24) is 0 Å². The van der Waals surface area contributed by atoms with E-state index < -0.39 is 6.10 Å². The Bertz CT molecular complexity index is 610. The van der Waals surface area contributed by atoms with Crippen LogP contribution in [0.4, 0.5) is 0 Å². The minimum atomic E-state index is -0.475. The molecule has 0 saturated carbocycles. The van der Waals surface area contributed by atoms with E-state index in [0.29, 0.717) is 6.42 Å². The lowest BCUT2D eigenvalue weighted by molar-refractivity contribution is 0.178. The summed E-state index contributed by atoms with van der Waals surface area (Å²) in [7, 11) is 0. The predicted molar refractivity (Wildman–Crippen MR) is 83.1 cm³/mol. The fourth-order valence-electron chi connectivity index (χ4n) is 2.59. The number of aliphatic hydroxyl groups excluding tert-OH is 1. The molecule has 0 spiro atoms. The molecule has 2 aromatic carbocycles. The Labute approximate surface area is 127 Å². The molecule has 1 N–H and O–H groups in total. The van der Waals surface area contributed by atoms with Crippen molar-refractivity contribution < 1.29 is 9.84 Å². The number of ether oxygens (including phenoxy) is 1. The largest absolute Gasteiger partial charge is 0.493 e. The molecule has 0 saturated heterocycles. The van der Waals surface area contributed by atoms with Gasteiger partial charge in [-0.2, -0.15) is 0 Å². The highest BCUT2D eigenvalue weighted by molar-refractivity contribution is 9.10. The Morgan fingerprint density at radius 3 is 2.95 bits per heavy atom. The van der Waals surface area contributed by atoms with Crippen molar-refractivity contribution in [3.05, 3.63) is 63.6 Å². The van der Waals surface area contributed by atoms with Gasteiger partial charge in [-0.3, -0.25) is 0 Å². The lowest BCUT2D eigenvalue weighted by Crippen LogP contribution is -2.10. The Hall–Kier alpha value is -1.32. The smallest absolute Gasteiger partial charge is 0.122 e. The van der Waals surface area contributed by atoms with E-state index in [1.54, 1.807) is 0 Å². The quantitative estimate of drug-likeness (QED) is 0.918. The predicted octanol–water partition coefficient (Wildman–Crippen LogP) is 4.05. The van der Waals surface area contributed by atoms with Gasteiger partial charge in [0.05, 0.1) is 12.7 Å². The highest BCUT2D eigenvalue weighted by Gasteiger charge is 2.14. The maximum atomic E-state index is 10.4. The summed E-state index contributed by atoms with van der Waals surface area (Å²) in [6.45, 7) is 0.799. The van der Waals surface area contributed by atoms with E-state index in [9.17, 15) is 5.11 Å². The van der Waals surface area contributed by atoms with Crippen molar-refractivity contribution in [2.75, 3.05) is 6.61 Å². The average Bonchev–Trinajstić information content (AvgIpc) is 2.47. The summed E-state index contributed by atoms with van der Waals surface area (Å²) >= 11 is 3.46. The van der Waals surface area contributed by atoms with Crippen molar-refractivity contribution in [3.8, 4) is 5.75 Å². The third kappa shape index (κ3) is 3.05. The first-order valence-corrected chi connectivity index (χ1v) is 7.70. The monoisotopic (exact) mass is 332 g/mol. The summed E-state index contributed by atoms with van der Waals surface area (Å²) < 4.78 is 6.65. The zero-order valence-electron chi connectivity index (χ0n) is 11.2. The van der Waals surface area contributed by atoms with E-state index in [1.165, 1.54) is 5.56 Å². The first-order valence-electron chi connectivity index (χ1n) is 6.90. The molecule has 0 radical (unpaired) electrons. The van der Waals surface area contributed by atoms with Crippen LogP contribution in [0.25, 0.3) is 0 Å². The molecule has 1 aliphatic rings. The van der Waals surface area contributed by atoms with Gasteiger partial charge in [0.25, 0.3) is 0 Å². The molecule has 20 heavy (non-hydrogen) atoms. The van der Waals surface area contributed by atoms with Crippen LogP contribution in [0, 0.1) is 0 Å². The molecule has 2 nitrogen and oxygen atoms in total. The second-order valence-corrected chi connectivity index (χ2v) is 6.08. The van der Waals surface area contributed by atoms with E-state index >= 15 is 0 Å². The molecular weight excluding hydrogens is 316 g/mol. The van der Waals surface area contributed by atoms with E-state index in [1.807, 2.05) is 36.4 Å². The molecule has 0 fully saturated rings. The molecule has 0 bridgehead atoms. The van der Waals surface area contributed by atoms with Crippen molar-refractivity contribution in [2.24, 2.45) is 0 Å². The fourth-order valence-corrected chi connectivity index (χ4v) is 3.04. The van der Waals surface area contributed by atoms with Gasteiger partial charge in [-0.1, -0.05) is 34.1 Å². The second kappa shape index (κ2) is 5.98. The lowest BCUT2D eigenvalue weighted by Gasteiger charge is -2.19. The van der Waals surface area contributed by atoms with Crippen molar-refractivity contribution in [1.29, 1.82) is 0 Å². The van der Waals surface area contributed by atoms with Gasteiger partial charge in [0.15, 0.2) is 0 Å². The van der Waals surface area contributed by atoms with Crippen LogP contribution in [0.15, 0.2) is 46.9 Å². The first-order chi connectivity index (χ1) is 9.72. The second-order valence-electron chi connectivity index (χ2n) is 5.17. The van der Waals surface area contributed by atoms with E-state index in [0.717, 1.165) is 40.8 Å². The van der Waals surface area contributed by atoms with E-state index in [2.05, 4.69) is 22.0 Å². The molecule has 104 valence electrons. The van der Waals surface area contributed by atoms with Crippen LogP contribution in [-0.2, 0) is 12.8 Å². The zero-order valence-corrected chi connectivity index (χ0v) is 12.8. The maximum Gasteiger partial charge on any atom is 0.122 e. The Morgan fingerprint density at radius 1 is 1.20 bits per heavy atom. The molecule has 3 rings (SSSR count). The fraction of sp³-hybridized carbons (Fsp3) is 0.294. The summed E-state index contributed by atoms with van der Waals surface area (Å²) in [5.74, 6) is 0.967. The van der Waals surface area contributed by atoms with Gasteiger partial charge in [0.2, 0.25) is 0 Å². The number of rotatable bonds is 3. The molecule has 2 aromatic rings. The summed E-state index contributed by atoms with van der Waals surface area (Å²) in [5, 5.41) is 10.4. The first kappa shape index (κ1) is 13.7. The SMILES string of the molecule is OC(Cc1cccc(Br)c1)c1ccc2c(c1)CCCO2.